The number of benzene rings is 2. The highest BCUT2D eigenvalue weighted by atomic mass is 16.5. The SMILES string of the molecule is COc1ccccc1C(=O)COC(=O)c1cccc(N(C)C)c1. The van der Waals surface area contributed by atoms with Gasteiger partial charge in [-0.05, 0) is 30.3 Å². The van der Waals surface area contributed by atoms with Crippen LogP contribution in [-0.2, 0) is 4.74 Å². The molecule has 5 heteroatoms. The Morgan fingerprint density at radius 3 is 2.48 bits per heavy atom. The van der Waals surface area contributed by atoms with E-state index < -0.39 is 5.97 Å². The molecule has 0 saturated heterocycles. The summed E-state index contributed by atoms with van der Waals surface area (Å²) in [6.07, 6.45) is 0. The van der Waals surface area contributed by atoms with Gasteiger partial charge in [0.1, 0.15) is 5.75 Å². The average molecular weight is 313 g/mol. The number of ketones is 1. The minimum absolute atomic E-state index is 0.306. The van der Waals surface area contributed by atoms with Crippen molar-refractivity contribution in [3.8, 4) is 5.75 Å². The Morgan fingerprint density at radius 2 is 1.78 bits per heavy atom. The lowest BCUT2D eigenvalue weighted by molar-refractivity contribution is 0.0474. The zero-order valence-electron chi connectivity index (χ0n) is 13.4. The molecule has 2 aromatic carbocycles. The second kappa shape index (κ2) is 7.45. The Hall–Kier alpha value is -2.82. The molecule has 0 radical (unpaired) electrons. The first-order valence-corrected chi connectivity index (χ1v) is 7.13. The fourth-order valence-electron chi connectivity index (χ4n) is 2.08. The summed E-state index contributed by atoms with van der Waals surface area (Å²) in [5.74, 6) is -0.375. The fourth-order valence-corrected chi connectivity index (χ4v) is 2.08. The zero-order chi connectivity index (χ0) is 16.8. The molecule has 0 heterocycles. The van der Waals surface area contributed by atoms with Gasteiger partial charge in [-0.25, -0.2) is 4.79 Å². The Labute approximate surface area is 135 Å². The number of esters is 1. The van der Waals surface area contributed by atoms with Crippen LogP contribution in [0, 0.1) is 0 Å². The Kier molecular flexibility index (Phi) is 5.36. The number of hydrogen-bond donors (Lipinski definition) is 0. The van der Waals surface area contributed by atoms with Gasteiger partial charge in [0.25, 0.3) is 0 Å². The van der Waals surface area contributed by atoms with Crippen LogP contribution < -0.4 is 9.64 Å². The van der Waals surface area contributed by atoms with Gasteiger partial charge < -0.3 is 14.4 Å². The van der Waals surface area contributed by atoms with E-state index in [1.165, 1.54) is 7.11 Å². The molecule has 0 aliphatic heterocycles. The summed E-state index contributed by atoms with van der Waals surface area (Å²) >= 11 is 0. The van der Waals surface area contributed by atoms with Crippen LogP contribution in [-0.4, -0.2) is 39.6 Å². The maximum absolute atomic E-state index is 12.2. The Bertz CT molecular complexity index is 710. The third-order valence-electron chi connectivity index (χ3n) is 3.34. The van der Waals surface area contributed by atoms with Crippen LogP contribution in [0.15, 0.2) is 48.5 Å². The molecular formula is C18H19NO4. The third-order valence-corrected chi connectivity index (χ3v) is 3.34. The van der Waals surface area contributed by atoms with E-state index in [4.69, 9.17) is 9.47 Å². The van der Waals surface area contributed by atoms with Gasteiger partial charge in [-0.2, -0.15) is 0 Å². The third kappa shape index (κ3) is 4.10. The molecule has 2 rings (SSSR count). The van der Waals surface area contributed by atoms with Gasteiger partial charge in [-0.15, -0.1) is 0 Å². The van der Waals surface area contributed by atoms with Crippen molar-refractivity contribution in [2.75, 3.05) is 32.7 Å². The highest BCUT2D eigenvalue weighted by Crippen LogP contribution is 2.18. The summed E-state index contributed by atoms with van der Waals surface area (Å²) in [6, 6.07) is 13.9. The van der Waals surface area contributed by atoms with Gasteiger partial charge in [0.05, 0.1) is 18.2 Å². The summed E-state index contributed by atoms with van der Waals surface area (Å²) < 4.78 is 10.2. The normalized spacial score (nSPS) is 10.0. The number of methoxy groups -OCH3 is 1. The molecule has 0 atom stereocenters. The largest absolute Gasteiger partial charge is 0.496 e. The first-order chi connectivity index (χ1) is 11.0. The van der Waals surface area contributed by atoms with Crippen molar-refractivity contribution in [2.24, 2.45) is 0 Å². The molecule has 0 spiro atoms. The zero-order valence-corrected chi connectivity index (χ0v) is 13.4. The number of hydrogen-bond acceptors (Lipinski definition) is 5. The number of para-hydroxylation sites is 1. The molecule has 0 fully saturated rings. The van der Waals surface area contributed by atoms with Crippen LogP contribution in [0.2, 0.25) is 0 Å². The van der Waals surface area contributed by atoms with E-state index in [1.807, 2.05) is 25.1 Å². The lowest BCUT2D eigenvalue weighted by Crippen LogP contribution is -2.15. The second-order valence-electron chi connectivity index (χ2n) is 5.14. The molecule has 0 saturated carbocycles. The lowest BCUT2D eigenvalue weighted by Gasteiger charge is -2.13. The average Bonchev–Trinajstić information content (AvgIpc) is 2.59. The molecule has 5 nitrogen and oxygen atoms in total. The van der Waals surface area contributed by atoms with Crippen molar-refractivity contribution >= 4 is 17.4 Å². The molecule has 0 N–H and O–H groups in total. The van der Waals surface area contributed by atoms with Gasteiger partial charge in [-0.3, -0.25) is 4.79 Å². The van der Waals surface area contributed by atoms with E-state index in [0.717, 1.165) is 5.69 Å². The second-order valence-corrected chi connectivity index (χ2v) is 5.14. The Morgan fingerprint density at radius 1 is 1.04 bits per heavy atom. The highest BCUT2D eigenvalue weighted by molar-refractivity contribution is 6.01. The van der Waals surface area contributed by atoms with E-state index >= 15 is 0 Å². The van der Waals surface area contributed by atoms with Crippen molar-refractivity contribution < 1.29 is 19.1 Å². The standard InChI is InChI=1S/C18H19NO4/c1-19(2)14-8-6-7-13(11-14)18(21)23-12-16(20)15-9-4-5-10-17(15)22-3/h4-11H,12H2,1-3H3. The summed E-state index contributed by atoms with van der Waals surface area (Å²) in [7, 11) is 5.26. The minimum atomic E-state index is -0.531. The molecule has 23 heavy (non-hydrogen) atoms. The molecular weight excluding hydrogens is 294 g/mol. The van der Waals surface area contributed by atoms with Crippen LogP contribution in [0.3, 0.4) is 0 Å². The molecule has 120 valence electrons. The number of Topliss-reactive ketones (excluding diaryl/α,β-unsaturated/α-hetero) is 1. The summed E-state index contributed by atoms with van der Waals surface area (Å²) in [6.45, 7) is -0.328. The van der Waals surface area contributed by atoms with E-state index in [-0.39, 0.29) is 12.4 Å². The van der Waals surface area contributed by atoms with Crippen LogP contribution in [0.5, 0.6) is 5.75 Å². The number of anilines is 1. The quantitative estimate of drug-likeness (QED) is 0.606. The molecule has 0 aliphatic rings. The smallest absolute Gasteiger partial charge is 0.338 e. The van der Waals surface area contributed by atoms with Gasteiger partial charge in [0.15, 0.2) is 6.61 Å². The van der Waals surface area contributed by atoms with E-state index in [0.29, 0.717) is 16.9 Å². The minimum Gasteiger partial charge on any atom is -0.496 e. The number of rotatable bonds is 6. The predicted octanol–water partition coefficient (Wildman–Crippen LogP) is 2.80. The van der Waals surface area contributed by atoms with Crippen molar-refractivity contribution in [1.29, 1.82) is 0 Å². The molecule has 0 bridgehead atoms. The predicted molar refractivity (Wildman–Crippen MR) is 88.4 cm³/mol. The van der Waals surface area contributed by atoms with Crippen molar-refractivity contribution in [2.45, 2.75) is 0 Å². The van der Waals surface area contributed by atoms with Crippen molar-refractivity contribution in [3.05, 3.63) is 59.7 Å². The number of ether oxygens (including phenoxy) is 2. The number of nitrogens with zero attached hydrogens (tertiary/aromatic N) is 1. The molecule has 2 aromatic rings. The van der Waals surface area contributed by atoms with E-state index in [1.54, 1.807) is 42.5 Å². The summed E-state index contributed by atoms with van der Waals surface area (Å²) in [4.78, 5) is 26.1. The van der Waals surface area contributed by atoms with Gasteiger partial charge >= 0.3 is 5.97 Å². The molecule has 0 aromatic heterocycles. The van der Waals surface area contributed by atoms with Crippen LogP contribution in [0.1, 0.15) is 20.7 Å². The number of carbonyl (C=O) groups is 2. The number of carbonyl (C=O) groups excluding carboxylic acids is 2. The fraction of sp³-hybridized carbons (Fsp3) is 0.222. The summed E-state index contributed by atoms with van der Waals surface area (Å²) in [5.41, 5.74) is 1.68. The molecule has 0 unspecified atom stereocenters. The monoisotopic (exact) mass is 313 g/mol. The topological polar surface area (TPSA) is 55.8 Å². The molecule has 0 amide bonds. The first kappa shape index (κ1) is 16.5. The van der Waals surface area contributed by atoms with Gasteiger partial charge in [-0.1, -0.05) is 18.2 Å². The maximum atomic E-state index is 12.2. The van der Waals surface area contributed by atoms with Crippen molar-refractivity contribution in [3.63, 3.8) is 0 Å². The van der Waals surface area contributed by atoms with Crippen molar-refractivity contribution in [1.82, 2.24) is 0 Å². The highest BCUT2D eigenvalue weighted by Gasteiger charge is 2.15. The van der Waals surface area contributed by atoms with Gasteiger partial charge in [0, 0.05) is 19.8 Å². The van der Waals surface area contributed by atoms with Crippen LogP contribution in [0.4, 0.5) is 5.69 Å². The van der Waals surface area contributed by atoms with E-state index in [9.17, 15) is 9.59 Å². The van der Waals surface area contributed by atoms with Gasteiger partial charge in [0.2, 0.25) is 5.78 Å². The molecule has 0 aliphatic carbocycles. The van der Waals surface area contributed by atoms with Crippen LogP contribution in [0.25, 0.3) is 0 Å². The maximum Gasteiger partial charge on any atom is 0.338 e. The van der Waals surface area contributed by atoms with Crippen LogP contribution >= 0.6 is 0 Å². The lowest BCUT2D eigenvalue weighted by atomic mass is 10.1. The van der Waals surface area contributed by atoms with E-state index in [2.05, 4.69) is 0 Å². The first-order valence-electron chi connectivity index (χ1n) is 7.13. The summed E-state index contributed by atoms with van der Waals surface area (Å²) in [5, 5.41) is 0. The Balaban J connectivity index is 2.04.